The zero-order chi connectivity index (χ0) is 19.5. The third-order valence-corrected chi connectivity index (χ3v) is 9.67. The number of Topliss-reactive ketones (excluding diaryl/α,β-unsaturated/α-hetero) is 1. The summed E-state index contributed by atoms with van der Waals surface area (Å²) in [4.78, 5) is 25.8. The molecule has 2 aliphatic heterocycles. The van der Waals surface area contributed by atoms with Crippen LogP contribution >= 0.6 is 0 Å². The molecule has 5 heteroatoms. The van der Waals surface area contributed by atoms with E-state index in [0.29, 0.717) is 49.8 Å². The van der Waals surface area contributed by atoms with Crippen molar-refractivity contribution in [3.8, 4) is 0 Å². The van der Waals surface area contributed by atoms with Crippen molar-refractivity contribution >= 4 is 11.6 Å². The molecule has 2 heterocycles. The van der Waals surface area contributed by atoms with Crippen molar-refractivity contribution in [1.29, 1.82) is 0 Å². The Kier molecular flexibility index (Phi) is 3.28. The largest absolute Gasteiger partial charge is 0.350 e. The highest BCUT2D eigenvalue weighted by atomic mass is 16.9. The molecule has 152 valence electrons. The second-order valence-electron chi connectivity index (χ2n) is 10.8. The van der Waals surface area contributed by atoms with Crippen LogP contribution in [0.3, 0.4) is 0 Å². The van der Waals surface area contributed by atoms with Crippen LogP contribution in [-0.2, 0) is 23.8 Å². The molecule has 3 saturated carbocycles. The summed E-state index contributed by atoms with van der Waals surface area (Å²) in [6.07, 6.45) is 6.90. The van der Waals surface area contributed by atoms with Gasteiger partial charge in [0.05, 0.1) is 0 Å². The van der Waals surface area contributed by atoms with E-state index >= 15 is 0 Å². The maximum Gasteiger partial charge on any atom is 0.225 e. The molecule has 0 amide bonds. The van der Waals surface area contributed by atoms with Gasteiger partial charge in [0.1, 0.15) is 18.0 Å². The molecule has 2 saturated heterocycles. The third kappa shape index (κ3) is 1.81. The minimum Gasteiger partial charge on any atom is -0.350 e. The molecular formula is C23H30O5. The highest BCUT2D eigenvalue weighted by Crippen LogP contribution is 2.75. The molecule has 0 aromatic rings. The van der Waals surface area contributed by atoms with Gasteiger partial charge in [0.2, 0.25) is 5.79 Å². The Hall–Kier alpha value is -1.04. The Labute approximate surface area is 166 Å². The fourth-order valence-corrected chi connectivity index (χ4v) is 8.50. The Balaban J connectivity index is 1.41. The number of ketones is 2. The van der Waals surface area contributed by atoms with E-state index in [1.165, 1.54) is 5.57 Å². The monoisotopic (exact) mass is 386 g/mol. The molecule has 0 aromatic heterocycles. The normalized spacial score (nSPS) is 57.2. The summed E-state index contributed by atoms with van der Waals surface area (Å²) < 4.78 is 17.8. The van der Waals surface area contributed by atoms with Gasteiger partial charge in [-0.3, -0.25) is 9.59 Å². The predicted molar refractivity (Wildman–Crippen MR) is 100 cm³/mol. The highest BCUT2D eigenvalue weighted by molar-refractivity contribution is 5.93. The maximum absolute atomic E-state index is 13.7. The van der Waals surface area contributed by atoms with E-state index < -0.39 is 5.79 Å². The summed E-state index contributed by atoms with van der Waals surface area (Å²) in [5.74, 6) is 1.25. The lowest BCUT2D eigenvalue weighted by Crippen LogP contribution is -2.58. The van der Waals surface area contributed by atoms with E-state index in [1.807, 2.05) is 6.08 Å². The van der Waals surface area contributed by atoms with Gasteiger partial charge < -0.3 is 14.2 Å². The molecule has 2 spiro atoms. The van der Waals surface area contributed by atoms with Crippen LogP contribution in [0.15, 0.2) is 11.6 Å². The summed E-state index contributed by atoms with van der Waals surface area (Å²) in [5, 5.41) is 0. The molecule has 28 heavy (non-hydrogen) atoms. The number of carbonyl (C=O) groups excluding carboxylic acids is 2. The minimum absolute atomic E-state index is 0.0479. The van der Waals surface area contributed by atoms with Crippen molar-refractivity contribution in [1.82, 2.24) is 0 Å². The van der Waals surface area contributed by atoms with Crippen molar-refractivity contribution < 1.29 is 23.8 Å². The molecular weight excluding hydrogens is 356 g/mol. The number of allylic oxidation sites excluding steroid dienone is 1. The Bertz CT molecular complexity index is 810. The van der Waals surface area contributed by atoms with Crippen molar-refractivity contribution in [3.05, 3.63) is 11.6 Å². The van der Waals surface area contributed by atoms with E-state index in [-0.39, 0.29) is 28.1 Å². The second-order valence-corrected chi connectivity index (χ2v) is 10.8. The molecule has 8 atom stereocenters. The molecule has 5 nitrogen and oxygen atoms in total. The standard InChI is InChI=1S/C23H30O5/c1-13-8-15-16-5-7-22(23(28-22)11-26-12-27-23)21(16,3)10-18(25)19(15)20(2)6-4-14(24)9-17(13)20/h9,13,15-16,19H,4-8,10-12H2,1-3H3/t13-,15?,16?,19?,20?,21?,22?,23?/m0/s1. The quantitative estimate of drug-likeness (QED) is 0.597. The first-order chi connectivity index (χ1) is 13.3. The van der Waals surface area contributed by atoms with Gasteiger partial charge in [-0.15, -0.1) is 0 Å². The Morgan fingerprint density at radius 1 is 1.18 bits per heavy atom. The average Bonchev–Trinajstić information content (AvgIpc) is 2.90. The maximum atomic E-state index is 13.7. The van der Waals surface area contributed by atoms with Gasteiger partial charge >= 0.3 is 0 Å². The van der Waals surface area contributed by atoms with Crippen LogP contribution in [-0.4, -0.2) is 36.4 Å². The highest BCUT2D eigenvalue weighted by Gasteiger charge is 2.85. The van der Waals surface area contributed by atoms with E-state index in [9.17, 15) is 9.59 Å². The number of rotatable bonds is 0. The molecule has 0 radical (unpaired) electrons. The minimum atomic E-state index is -0.615. The number of fused-ring (bicyclic) bond motifs is 7. The van der Waals surface area contributed by atoms with Crippen LogP contribution in [0.1, 0.15) is 59.3 Å². The lowest BCUT2D eigenvalue weighted by molar-refractivity contribution is -0.148. The first-order valence-electron chi connectivity index (χ1n) is 11.0. The van der Waals surface area contributed by atoms with Gasteiger partial charge in [0, 0.05) is 24.2 Å². The van der Waals surface area contributed by atoms with Gasteiger partial charge in [-0.2, -0.15) is 0 Å². The zero-order valence-corrected chi connectivity index (χ0v) is 17.1. The van der Waals surface area contributed by atoms with Gasteiger partial charge in [-0.25, -0.2) is 0 Å². The molecule has 7 unspecified atom stereocenters. The number of carbonyl (C=O) groups is 2. The first-order valence-corrected chi connectivity index (χ1v) is 11.0. The van der Waals surface area contributed by atoms with Crippen molar-refractivity contribution in [2.24, 2.45) is 34.5 Å². The number of epoxide rings is 1. The SMILES string of the molecule is C[C@H]1CC2C(C(=O)CC3(C)C2CCC32OC23COCO3)C2(C)CCC(=O)C=C12. The second kappa shape index (κ2) is 5.16. The lowest BCUT2D eigenvalue weighted by atomic mass is 9.44. The van der Waals surface area contributed by atoms with E-state index in [2.05, 4.69) is 20.8 Å². The van der Waals surface area contributed by atoms with Gasteiger partial charge in [-0.05, 0) is 54.9 Å². The molecule has 6 aliphatic rings. The van der Waals surface area contributed by atoms with Crippen molar-refractivity contribution in [3.63, 3.8) is 0 Å². The summed E-state index contributed by atoms with van der Waals surface area (Å²) in [6.45, 7) is 7.56. The zero-order valence-electron chi connectivity index (χ0n) is 17.1. The number of hydrogen-bond donors (Lipinski definition) is 0. The third-order valence-electron chi connectivity index (χ3n) is 9.67. The molecule has 5 fully saturated rings. The van der Waals surface area contributed by atoms with E-state index in [1.54, 1.807) is 0 Å². The first kappa shape index (κ1) is 17.8. The van der Waals surface area contributed by atoms with Crippen LogP contribution in [0.25, 0.3) is 0 Å². The fraction of sp³-hybridized carbons (Fsp3) is 0.826. The molecule has 0 bridgehead atoms. The van der Waals surface area contributed by atoms with Crippen LogP contribution in [0.5, 0.6) is 0 Å². The van der Waals surface area contributed by atoms with Gasteiger partial charge in [-0.1, -0.05) is 26.3 Å². The molecule has 6 rings (SSSR count). The topological polar surface area (TPSA) is 65.1 Å². The summed E-state index contributed by atoms with van der Waals surface area (Å²) in [7, 11) is 0. The van der Waals surface area contributed by atoms with Crippen LogP contribution < -0.4 is 0 Å². The van der Waals surface area contributed by atoms with Crippen LogP contribution in [0.2, 0.25) is 0 Å². The summed E-state index contributed by atoms with van der Waals surface area (Å²) >= 11 is 0. The van der Waals surface area contributed by atoms with E-state index in [4.69, 9.17) is 14.2 Å². The summed E-state index contributed by atoms with van der Waals surface area (Å²) in [5.41, 5.74) is 0.548. The van der Waals surface area contributed by atoms with Crippen molar-refractivity contribution in [2.45, 2.75) is 70.7 Å². The molecule has 4 aliphatic carbocycles. The smallest absolute Gasteiger partial charge is 0.225 e. The van der Waals surface area contributed by atoms with E-state index in [0.717, 1.165) is 25.7 Å². The summed E-state index contributed by atoms with van der Waals surface area (Å²) in [6, 6.07) is 0. The average molecular weight is 386 g/mol. The lowest BCUT2D eigenvalue weighted by Gasteiger charge is -2.58. The molecule has 0 aromatic carbocycles. The Morgan fingerprint density at radius 2 is 2.00 bits per heavy atom. The van der Waals surface area contributed by atoms with Gasteiger partial charge in [0.25, 0.3) is 0 Å². The fourth-order valence-electron chi connectivity index (χ4n) is 8.50. The molecule has 0 N–H and O–H groups in total. The number of ether oxygens (including phenoxy) is 3. The predicted octanol–water partition coefficient (Wildman–Crippen LogP) is 3.41. The van der Waals surface area contributed by atoms with Crippen LogP contribution in [0, 0.1) is 34.5 Å². The Morgan fingerprint density at radius 3 is 2.75 bits per heavy atom. The van der Waals surface area contributed by atoms with Crippen LogP contribution in [0.4, 0.5) is 0 Å². The van der Waals surface area contributed by atoms with Gasteiger partial charge in [0.15, 0.2) is 12.6 Å². The number of hydrogen-bond acceptors (Lipinski definition) is 5. The van der Waals surface area contributed by atoms with Crippen molar-refractivity contribution in [2.75, 3.05) is 13.4 Å².